The van der Waals surface area contributed by atoms with Crippen molar-refractivity contribution < 1.29 is 9.90 Å². The summed E-state index contributed by atoms with van der Waals surface area (Å²) in [5.41, 5.74) is 2.12. The van der Waals surface area contributed by atoms with Gasteiger partial charge >= 0.3 is 5.97 Å². The van der Waals surface area contributed by atoms with Crippen LogP contribution in [0.2, 0.25) is 0 Å². The van der Waals surface area contributed by atoms with Crippen molar-refractivity contribution in [1.29, 1.82) is 5.26 Å². The number of benzene rings is 1. The van der Waals surface area contributed by atoms with Gasteiger partial charge in [0, 0.05) is 28.5 Å². The highest BCUT2D eigenvalue weighted by molar-refractivity contribution is 7.16. The predicted molar refractivity (Wildman–Crippen MR) is 97.0 cm³/mol. The third-order valence-electron chi connectivity index (χ3n) is 4.14. The molecule has 5 heteroatoms. The Morgan fingerprint density at radius 1 is 1.12 bits per heavy atom. The fraction of sp³-hybridized carbons (Fsp3) is 0.263. The van der Waals surface area contributed by atoms with E-state index in [2.05, 4.69) is 29.2 Å². The van der Waals surface area contributed by atoms with Gasteiger partial charge in [0.2, 0.25) is 0 Å². The van der Waals surface area contributed by atoms with Crippen LogP contribution in [-0.4, -0.2) is 24.2 Å². The number of carboxylic acid groups (broad SMARTS) is 1. The predicted octanol–water partition coefficient (Wildman–Crippen LogP) is 4.40. The summed E-state index contributed by atoms with van der Waals surface area (Å²) in [6, 6.07) is 14.0. The number of piperidine rings is 1. The molecule has 24 heavy (non-hydrogen) atoms. The minimum atomic E-state index is -1.20. The average Bonchev–Trinajstić information content (AvgIpc) is 3.09. The first-order valence-electron chi connectivity index (χ1n) is 7.98. The molecular weight excluding hydrogens is 320 g/mol. The number of thiophene rings is 1. The van der Waals surface area contributed by atoms with Crippen LogP contribution in [-0.2, 0) is 4.79 Å². The van der Waals surface area contributed by atoms with Gasteiger partial charge in [0.25, 0.3) is 0 Å². The molecule has 4 nitrogen and oxygen atoms in total. The zero-order valence-corrected chi connectivity index (χ0v) is 14.1. The maximum atomic E-state index is 10.9. The lowest BCUT2D eigenvalue weighted by Crippen LogP contribution is -2.29. The Bertz CT molecular complexity index is 794. The summed E-state index contributed by atoms with van der Waals surface area (Å²) in [4.78, 5) is 15.2. The molecule has 2 heterocycles. The van der Waals surface area contributed by atoms with Gasteiger partial charge in [-0.2, -0.15) is 5.26 Å². The molecule has 0 amide bonds. The van der Waals surface area contributed by atoms with E-state index in [1.807, 2.05) is 12.1 Å². The Morgan fingerprint density at radius 2 is 1.83 bits per heavy atom. The number of hydrogen-bond acceptors (Lipinski definition) is 4. The van der Waals surface area contributed by atoms with Crippen molar-refractivity contribution in [2.45, 2.75) is 19.3 Å². The third-order valence-corrected chi connectivity index (χ3v) is 5.22. The zero-order valence-electron chi connectivity index (χ0n) is 13.2. The summed E-state index contributed by atoms with van der Waals surface area (Å²) >= 11 is 1.48. The zero-order chi connectivity index (χ0) is 16.9. The second-order valence-corrected chi connectivity index (χ2v) is 6.89. The summed E-state index contributed by atoms with van der Waals surface area (Å²) < 4.78 is 0. The fourth-order valence-electron chi connectivity index (χ4n) is 2.86. The molecule has 0 radical (unpaired) electrons. The van der Waals surface area contributed by atoms with Crippen LogP contribution < -0.4 is 4.90 Å². The van der Waals surface area contributed by atoms with Gasteiger partial charge in [-0.05, 0) is 55.2 Å². The Morgan fingerprint density at radius 3 is 2.46 bits per heavy atom. The lowest BCUT2D eigenvalue weighted by atomic mass is 10.1. The molecule has 1 saturated heterocycles. The van der Waals surface area contributed by atoms with Crippen LogP contribution in [0.25, 0.3) is 16.5 Å². The first kappa shape index (κ1) is 16.3. The Hall–Kier alpha value is -2.58. The van der Waals surface area contributed by atoms with Crippen molar-refractivity contribution in [1.82, 2.24) is 0 Å². The molecule has 1 aliphatic heterocycles. The number of carboxylic acids is 1. The molecule has 0 aliphatic carbocycles. The molecule has 3 rings (SSSR count). The molecule has 0 spiro atoms. The molecule has 1 aliphatic rings. The van der Waals surface area contributed by atoms with Crippen molar-refractivity contribution in [2.24, 2.45) is 0 Å². The number of rotatable bonds is 4. The van der Waals surface area contributed by atoms with Gasteiger partial charge < -0.3 is 10.0 Å². The lowest BCUT2D eigenvalue weighted by Gasteiger charge is -2.28. The first-order valence-corrected chi connectivity index (χ1v) is 8.79. The van der Waals surface area contributed by atoms with Gasteiger partial charge in [0.15, 0.2) is 0 Å². The van der Waals surface area contributed by atoms with Crippen LogP contribution in [0, 0.1) is 11.3 Å². The molecular formula is C19H18N2O2S. The topological polar surface area (TPSA) is 64.3 Å². The number of anilines is 1. The SMILES string of the molecule is N#CC(=Cc1ccc(-c2ccc(N3CCCCC3)cc2)s1)C(=O)O. The number of nitrogens with zero attached hydrogens (tertiary/aromatic N) is 2. The minimum Gasteiger partial charge on any atom is -0.477 e. The number of aliphatic carboxylic acids is 1. The molecule has 1 N–H and O–H groups in total. The number of hydrogen-bond donors (Lipinski definition) is 1. The van der Waals surface area contributed by atoms with Crippen molar-refractivity contribution in [2.75, 3.05) is 18.0 Å². The second-order valence-electron chi connectivity index (χ2n) is 5.77. The third kappa shape index (κ3) is 3.66. The molecule has 0 atom stereocenters. The maximum absolute atomic E-state index is 10.9. The van der Waals surface area contributed by atoms with Crippen molar-refractivity contribution in [3.8, 4) is 16.5 Å². The van der Waals surface area contributed by atoms with E-state index < -0.39 is 5.97 Å². The number of carbonyl (C=O) groups is 1. The first-order chi connectivity index (χ1) is 11.7. The summed E-state index contributed by atoms with van der Waals surface area (Å²) in [7, 11) is 0. The Labute approximate surface area is 145 Å². The van der Waals surface area contributed by atoms with E-state index in [1.54, 1.807) is 6.07 Å². The van der Waals surface area contributed by atoms with Crippen LogP contribution in [0.3, 0.4) is 0 Å². The van der Waals surface area contributed by atoms with Crippen LogP contribution in [0.5, 0.6) is 0 Å². The van der Waals surface area contributed by atoms with E-state index in [1.165, 1.54) is 42.4 Å². The fourth-order valence-corrected chi connectivity index (χ4v) is 3.82. The smallest absolute Gasteiger partial charge is 0.346 e. The van der Waals surface area contributed by atoms with Crippen LogP contribution in [0.1, 0.15) is 24.1 Å². The molecule has 1 aromatic heterocycles. The van der Waals surface area contributed by atoms with E-state index in [-0.39, 0.29) is 5.57 Å². The van der Waals surface area contributed by atoms with Gasteiger partial charge in [0.1, 0.15) is 11.6 Å². The quantitative estimate of drug-likeness (QED) is 0.663. The monoisotopic (exact) mass is 338 g/mol. The van der Waals surface area contributed by atoms with Gasteiger partial charge in [-0.1, -0.05) is 12.1 Å². The van der Waals surface area contributed by atoms with Gasteiger partial charge in [-0.3, -0.25) is 0 Å². The van der Waals surface area contributed by atoms with Gasteiger partial charge in [-0.15, -0.1) is 11.3 Å². The molecule has 1 fully saturated rings. The largest absolute Gasteiger partial charge is 0.477 e. The van der Waals surface area contributed by atoms with Crippen molar-refractivity contribution in [3.05, 3.63) is 46.8 Å². The van der Waals surface area contributed by atoms with E-state index >= 15 is 0 Å². The summed E-state index contributed by atoms with van der Waals surface area (Å²) in [5, 5.41) is 17.8. The van der Waals surface area contributed by atoms with Crippen molar-refractivity contribution >= 4 is 29.1 Å². The second kappa shape index (κ2) is 7.33. The maximum Gasteiger partial charge on any atom is 0.346 e. The van der Waals surface area contributed by atoms with E-state index in [0.29, 0.717) is 0 Å². The van der Waals surface area contributed by atoms with Gasteiger partial charge in [-0.25, -0.2) is 4.79 Å². The van der Waals surface area contributed by atoms with Crippen LogP contribution in [0.4, 0.5) is 5.69 Å². The van der Waals surface area contributed by atoms with Crippen LogP contribution >= 0.6 is 11.3 Å². The summed E-state index contributed by atoms with van der Waals surface area (Å²) in [6.07, 6.45) is 5.25. The molecule has 0 unspecified atom stereocenters. The minimum absolute atomic E-state index is 0.246. The van der Waals surface area contributed by atoms with E-state index in [9.17, 15) is 4.79 Å². The summed E-state index contributed by atoms with van der Waals surface area (Å²) in [6.45, 7) is 2.25. The normalized spacial score (nSPS) is 15.1. The lowest BCUT2D eigenvalue weighted by molar-refractivity contribution is -0.132. The van der Waals surface area contributed by atoms with Crippen LogP contribution in [0.15, 0.2) is 42.0 Å². The molecule has 0 saturated carbocycles. The molecule has 122 valence electrons. The highest BCUT2D eigenvalue weighted by Crippen LogP contribution is 2.31. The molecule has 0 bridgehead atoms. The molecule has 1 aromatic carbocycles. The number of nitriles is 1. The van der Waals surface area contributed by atoms with E-state index in [4.69, 9.17) is 10.4 Å². The highest BCUT2D eigenvalue weighted by atomic mass is 32.1. The Kier molecular flexibility index (Phi) is 4.97. The standard InChI is InChI=1S/C19H18N2O2S/c20-13-15(19(22)23)12-17-8-9-18(24-17)14-4-6-16(7-5-14)21-10-2-1-3-11-21/h4-9,12H,1-3,10-11H2,(H,22,23). The molecule has 2 aromatic rings. The van der Waals surface area contributed by atoms with Crippen molar-refractivity contribution in [3.63, 3.8) is 0 Å². The Balaban J connectivity index is 1.78. The summed E-state index contributed by atoms with van der Waals surface area (Å²) in [5.74, 6) is -1.20. The average molecular weight is 338 g/mol. The highest BCUT2D eigenvalue weighted by Gasteiger charge is 2.11. The van der Waals surface area contributed by atoms with Gasteiger partial charge in [0.05, 0.1) is 0 Å². The van der Waals surface area contributed by atoms with E-state index in [0.717, 1.165) is 28.4 Å².